The van der Waals surface area contributed by atoms with Crippen molar-refractivity contribution in [3.8, 4) is 6.07 Å². The SMILES string of the molecule is CCS(=O)(=O)[C@H](C#N)C1CCCC1. The van der Waals surface area contributed by atoms with Crippen LogP contribution in [0.5, 0.6) is 0 Å². The van der Waals surface area contributed by atoms with E-state index in [-0.39, 0.29) is 11.7 Å². The summed E-state index contributed by atoms with van der Waals surface area (Å²) in [7, 11) is -3.15. The number of rotatable bonds is 3. The van der Waals surface area contributed by atoms with Gasteiger partial charge in [0.25, 0.3) is 0 Å². The second-order valence-corrected chi connectivity index (χ2v) is 5.96. The van der Waals surface area contributed by atoms with Gasteiger partial charge in [0, 0.05) is 5.75 Å². The Hall–Kier alpha value is -0.560. The summed E-state index contributed by atoms with van der Waals surface area (Å²) in [6.07, 6.45) is 3.94. The van der Waals surface area contributed by atoms with Gasteiger partial charge in [-0.1, -0.05) is 19.8 Å². The summed E-state index contributed by atoms with van der Waals surface area (Å²) in [6, 6.07) is 1.95. The Morgan fingerprint density at radius 3 is 2.38 bits per heavy atom. The highest BCUT2D eigenvalue weighted by atomic mass is 32.2. The zero-order valence-corrected chi connectivity index (χ0v) is 8.68. The van der Waals surface area contributed by atoms with Gasteiger partial charge >= 0.3 is 0 Å². The molecule has 1 aliphatic carbocycles. The maximum atomic E-state index is 11.5. The molecule has 0 saturated heterocycles. The van der Waals surface area contributed by atoms with E-state index in [1.54, 1.807) is 6.92 Å². The number of nitrogens with zero attached hydrogens (tertiary/aromatic N) is 1. The summed E-state index contributed by atoms with van der Waals surface area (Å²) in [5.74, 6) is 0.178. The van der Waals surface area contributed by atoms with E-state index in [1.807, 2.05) is 6.07 Å². The smallest absolute Gasteiger partial charge is 0.166 e. The van der Waals surface area contributed by atoms with Crippen LogP contribution < -0.4 is 0 Å². The zero-order valence-electron chi connectivity index (χ0n) is 7.86. The van der Waals surface area contributed by atoms with E-state index in [1.165, 1.54) is 0 Å². The van der Waals surface area contributed by atoms with Crippen LogP contribution in [0.4, 0.5) is 0 Å². The maximum Gasteiger partial charge on any atom is 0.166 e. The molecule has 13 heavy (non-hydrogen) atoms. The summed E-state index contributed by atoms with van der Waals surface area (Å²) in [5.41, 5.74) is 0. The molecule has 1 atom stereocenters. The molecule has 0 aromatic rings. The van der Waals surface area contributed by atoms with Crippen LogP contribution in [-0.2, 0) is 9.84 Å². The quantitative estimate of drug-likeness (QED) is 0.695. The first-order valence-corrected chi connectivity index (χ1v) is 6.44. The minimum Gasteiger partial charge on any atom is -0.227 e. The van der Waals surface area contributed by atoms with Crippen LogP contribution in [0.25, 0.3) is 0 Å². The second-order valence-electron chi connectivity index (χ2n) is 3.55. The number of sulfone groups is 1. The van der Waals surface area contributed by atoms with Crippen LogP contribution in [0, 0.1) is 17.2 Å². The predicted octanol–water partition coefficient (Wildman–Crippen LogP) is 1.50. The van der Waals surface area contributed by atoms with Crippen LogP contribution in [0.3, 0.4) is 0 Å². The Balaban J connectivity index is 2.79. The molecule has 0 unspecified atom stereocenters. The topological polar surface area (TPSA) is 57.9 Å². The highest BCUT2D eigenvalue weighted by molar-refractivity contribution is 7.92. The Labute approximate surface area is 79.7 Å². The molecule has 74 valence electrons. The second kappa shape index (κ2) is 4.10. The van der Waals surface area contributed by atoms with E-state index in [4.69, 9.17) is 5.26 Å². The average Bonchev–Trinajstić information content (AvgIpc) is 2.58. The van der Waals surface area contributed by atoms with Gasteiger partial charge in [-0.15, -0.1) is 0 Å². The van der Waals surface area contributed by atoms with Crippen LogP contribution in [0.15, 0.2) is 0 Å². The lowest BCUT2D eigenvalue weighted by Crippen LogP contribution is -2.28. The van der Waals surface area contributed by atoms with E-state index in [0.29, 0.717) is 0 Å². The molecular formula is C9H15NO2S. The van der Waals surface area contributed by atoms with Crippen molar-refractivity contribution in [2.45, 2.75) is 37.9 Å². The van der Waals surface area contributed by atoms with E-state index >= 15 is 0 Å². The first-order valence-electron chi connectivity index (χ1n) is 4.73. The summed E-state index contributed by atoms with van der Waals surface area (Å²) in [4.78, 5) is 0. The van der Waals surface area contributed by atoms with Crippen molar-refractivity contribution in [2.75, 3.05) is 5.75 Å². The molecule has 0 heterocycles. The first-order chi connectivity index (χ1) is 6.11. The fourth-order valence-corrected chi connectivity index (χ4v) is 3.30. The minimum absolute atomic E-state index is 0.0850. The third-order valence-electron chi connectivity index (χ3n) is 2.74. The van der Waals surface area contributed by atoms with Gasteiger partial charge in [-0.25, -0.2) is 8.42 Å². The molecule has 1 aliphatic rings. The van der Waals surface area contributed by atoms with Crippen molar-refractivity contribution in [3.05, 3.63) is 0 Å². The van der Waals surface area contributed by atoms with E-state index in [2.05, 4.69) is 0 Å². The largest absolute Gasteiger partial charge is 0.227 e. The molecule has 0 spiro atoms. The third kappa shape index (κ3) is 2.22. The van der Waals surface area contributed by atoms with Crippen LogP contribution in [0.1, 0.15) is 32.6 Å². The fourth-order valence-electron chi connectivity index (χ4n) is 1.92. The van der Waals surface area contributed by atoms with Crippen molar-refractivity contribution in [2.24, 2.45) is 5.92 Å². The average molecular weight is 201 g/mol. The van der Waals surface area contributed by atoms with Gasteiger partial charge in [-0.3, -0.25) is 0 Å². The molecule has 0 aromatic heterocycles. The molecule has 0 N–H and O–H groups in total. The molecule has 4 heteroatoms. The first kappa shape index (κ1) is 10.5. The lowest BCUT2D eigenvalue weighted by Gasteiger charge is -2.15. The van der Waals surface area contributed by atoms with Crippen LogP contribution in [0.2, 0.25) is 0 Å². The van der Waals surface area contributed by atoms with Crippen LogP contribution >= 0.6 is 0 Å². The van der Waals surface area contributed by atoms with Gasteiger partial charge in [-0.2, -0.15) is 5.26 Å². The van der Waals surface area contributed by atoms with E-state index in [9.17, 15) is 8.42 Å². The van der Waals surface area contributed by atoms with Gasteiger partial charge in [-0.05, 0) is 18.8 Å². The summed E-state index contributed by atoms with van der Waals surface area (Å²) < 4.78 is 23.0. The Morgan fingerprint density at radius 1 is 1.46 bits per heavy atom. The molecule has 0 aliphatic heterocycles. The van der Waals surface area contributed by atoms with Crippen molar-refractivity contribution >= 4 is 9.84 Å². The Bertz CT molecular complexity index is 296. The lowest BCUT2D eigenvalue weighted by atomic mass is 10.1. The monoisotopic (exact) mass is 201 g/mol. The molecule has 0 aromatic carbocycles. The molecule has 0 bridgehead atoms. The van der Waals surface area contributed by atoms with Gasteiger partial charge in [0.1, 0.15) is 0 Å². The molecular weight excluding hydrogens is 186 g/mol. The molecule has 0 radical (unpaired) electrons. The normalized spacial score (nSPS) is 21.2. The van der Waals surface area contributed by atoms with Gasteiger partial charge < -0.3 is 0 Å². The van der Waals surface area contributed by atoms with Gasteiger partial charge in [0.2, 0.25) is 0 Å². The van der Waals surface area contributed by atoms with E-state index < -0.39 is 15.1 Å². The van der Waals surface area contributed by atoms with Gasteiger partial charge in [0.15, 0.2) is 15.1 Å². The summed E-state index contributed by atoms with van der Waals surface area (Å²) in [5, 5.41) is 8.07. The van der Waals surface area contributed by atoms with E-state index in [0.717, 1.165) is 25.7 Å². The lowest BCUT2D eigenvalue weighted by molar-refractivity contribution is 0.526. The van der Waals surface area contributed by atoms with Crippen LogP contribution in [-0.4, -0.2) is 19.4 Å². The van der Waals surface area contributed by atoms with Crippen molar-refractivity contribution < 1.29 is 8.42 Å². The highest BCUT2D eigenvalue weighted by Crippen LogP contribution is 2.30. The molecule has 1 fully saturated rings. The maximum absolute atomic E-state index is 11.5. The Morgan fingerprint density at radius 2 is 2.00 bits per heavy atom. The summed E-state index contributed by atoms with van der Waals surface area (Å²) in [6.45, 7) is 1.61. The van der Waals surface area contributed by atoms with Gasteiger partial charge in [0.05, 0.1) is 6.07 Å². The van der Waals surface area contributed by atoms with Crippen molar-refractivity contribution in [1.29, 1.82) is 5.26 Å². The Kier molecular flexibility index (Phi) is 3.32. The molecule has 0 amide bonds. The number of hydrogen-bond acceptors (Lipinski definition) is 3. The predicted molar refractivity (Wildman–Crippen MR) is 50.8 cm³/mol. The molecule has 1 saturated carbocycles. The highest BCUT2D eigenvalue weighted by Gasteiger charge is 2.33. The number of nitriles is 1. The number of hydrogen-bond donors (Lipinski definition) is 0. The molecule has 3 nitrogen and oxygen atoms in total. The summed E-state index contributed by atoms with van der Waals surface area (Å²) >= 11 is 0. The third-order valence-corrected chi connectivity index (χ3v) is 4.81. The fraction of sp³-hybridized carbons (Fsp3) is 0.889. The van der Waals surface area contributed by atoms with Crippen molar-refractivity contribution in [1.82, 2.24) is 0 Å². The minimum atomic E-state index is -3.15. The molecule has 1 rings (SSSR count). The van der Waals surface area contributed by atoms with Crippen molar-refractivity contribution in [3.63, 3.8) is 0 Å². The zero-order chi connectivity index (χ0) is 9.90. The standard InChI is InChI=1S/C9H15NO2S/c1-2-13(11,12)9(7-10)8-5-3-4-6-8/h8-9H,2-6H2,1H3/t9-/m1/s1.